The molecule has 0 bridgehead atoms. The van der Waals surface area contributed by atoms with E-state index in [9.17, 15) is 0 Å². The summed E-state index contributed by atoms with van der Waals surface area (Å²) in [6.07, 6.45) is 0. The van der Waals surface area contributed by atoms with Crippen molar-refractivity contribution in [2.24, 2.45) is 0 Å². The maximum absolute atomic E-state index is 8.89. The average Bonchev–Trinajstić information content (AvgIpc) is 0.722. The van der Waals surface area contributed by atoms with Gasteiger partial charge < -0.3 is 10.5 Å². The molecule has 0 spiro atoms. The van der Waals surface area contributed by atoms with Crippen molar-refractivity contribution in [3.63, 3.8) is 0 Å². The van der Waals surface area contributed by atoms with Crippen molar-refractivity contribution in [1.82, 2.24) is 0 Å². The first-order valence-corrected chi connectivity index (χ1v) is 3.00. The average molecular weight is 176 g/mol. The van der Waals surface area contributed by atoms with E-state index in [-0.39, 0.29) is 68.7 Å². The molecule has 7 heavy (non-hydrogen) atoms. The molecule has 3 nitrogen and oxygen atoms in total. The molecule has 34 valence electrons. The fourth-order valence-electron chi connectivity index (χ4n) is 0. The smallest absolute Gasteiger partial charge is 1.00 e. The molecule has 0 radical (unpaired) electrons. The Balaban J connectivity index is -0.0000000267. The van der Waals surface area contributed by atoms with Crippen LogP contribution in [-0.4, -0.2) is 51.1 Å². The fourth-order valence-corrected chi connectivity index (χ4v) is 0. The summed E-state index contributed by atoms with van der Waals surface area (Å²) in [5, 5.41) is 0. The monoisotopic (exact) mass is 176 g/mol. The molecule has 0 N–H and O–H groups in total. The maximum Gasteiger partial charge on any atom is 2.00 e. The van der Waals surface area contributed by atoms with Crippen molar-refractivity contribution < 1.29 is 44.3 Å². The van der Waals surface area contributed by atoms with Crippen LogP contribution in [0, 0.1) is 0 Å². The molecular weight excluding hydrogens is 175 g/mol. The number of hydrogen-bond acceptors (Lipinski definition) is 4. The zero-order chi connectivity index (χ0) is 4.50. The fraction of sp³-hybridized carbons (Fsp3) is 0. The summed E-state index contributed by atoms with van der Waals surface area (Å²) in [5.41, 5.74) is 0. The molecule has 0 aliphatic heterocycles. The first-order valence-electron chi connectivity index (χ1n) is 0.667. The second kappa shape index (κ2) is 6.67. The van der Waals surface area contributed by atoms with Gasteiger partial charge in [-0.2, -0.15) is 0 Å². The molecule has 0 saturated heterocycles. The molecule has 0 amide bonds. The van der Waals surface area contributed by atoms with E-state index in [1.807, 2.05) is 0 Å². The van der Waals surface area contributed by atoms with Crippen molar-refractivity contribution in [2.45, 2.75) is 0 Å². The molecule has 0 aromatic rings. The van der Waals surface area contributed by atoms with Gasteiger partial charge in [-0.25, -0.2) is 0 Å². The first-order chi connectivity index (χ1) is 2.00. The van der Waals surface area contributed by atoms with Gasteiger partial charge in [0, 0.05) is 0 Å². The van der Waals surface area contributed by atoms with Gasteiger partial charge in [-0.1, -0.05) is 0 Å². The zero-order valence-corrected chi connectivity index (χ0v) is 9.59. The predicted octanol–water partition coefficient (Wildman–Crippen LogP) is -4.27. The molecule has 0 atom stereocenters. The SMILES string of the molecule is O=S([O-])([O-])=S.[Ca+2].[H-].[Na+]. The Labute approximate surface area is 100 Å². The predicted molar refractivity (Wildman–Crippen MR) is 23.9 cm³/mol. The summed E-state index contributed by atoms with van der Waals surface area (Å²) in [4.78, 5) is 0. The van der Waals surface area contributed by atoms with Gasteiger partial charge in [0.05, 0.1) is 0 Å². The minimum atomic E-state index is -4.33. The molecule has 7 heteroatoms. The first kappa shape index (κ1) is 16.3. The van der Waals surface area contributed by atoms with Gasteiger partial charge >= 0.3 is 67.3 Å². The molecule has 0 aliphatic carbocycles. The summed E-state index contributed by atoms with van der Waals surface area (Å²) in [7, 11) is -4.33. The van der Waals surface area contributed by atoms with Crippen LogP contribution in [0.2, 0.25) is 0 Å². The van der Waals surface area contributed by atoms with E-state index in [1.165, 1.54) is 0 Å². The minimum Gasteiger partial charge on any atom is -1.00 e. The molecule has 0 saturated carbocycles. The van der Waals surface area contributed by atoms with Crippen molar-refractivity contribution >= 4 is 58.0 Å². The summed E-state index contributed by atoms with van der Waals surface area (Å²) in [6.45, 7) is 0. The maximum atomic E-state index is 8.89. The Morgan fingerprint density at radius 2 is 1.57 bits per heavy atom. The van der Waals surface area contributed by atoms with E-state index in [2.05, 4.69) is 11.2 Å². The van der Waals surface area contributed by atoms with E-state index >= 15 is 0 Å². The Hall–Kier alpha value is 2.55. The molecule has 0 fully saturated rings. The summed E-state index contributed by atoms with van der Waals surface area (Å²) in [5.74, 6) is 0. The van der Waals surface area contributed by atoms with Gasteiger partial charge in [0.15, 0.2) is 0 Å². The van der Waals surface area contributed by atoms with Crippen molar-refractivity contribution in [3.05, 3.63) is 0 Å². The molecule has 0 aliphatic rings. The molecule has 0 unspecified atom stereocenters. The third-order valence-corrected chi connectivity index (χ3v) is 0. The Kier molecular flexibility index (Phi) is 15.5. The zero-order valence-electron chi connectivity index (χ0n) is 4.75. The normalized spacial score (nSPS) is 8.29. The van der Waals surface area contributed by atoms with E-state index < -0.39 is 9.05 Å². The van der Waals surface area contributed by atoms with E-state index in [1.54, 1.807) is 0 Å². The number of rotatable bonds is 0. The van der Waals surface area contributed by atoms with Gasteiger partial charge in [0.1, 0.15) is 0 Å². The molecule has 0 heterocycles. The molecule has 0 rings (SSSR count). The minimum absolute atomic E-state index is 0. The van der Waals surface area contributed by atoms with Crippen molar-refractivity contribution in [3.8, 4) is 0 Å². The topological polar surface area (TPSA) is 63.2 Å². The van der Waals surface area contributed by atoms with Crippen LogP contribution in [0.3, 0.4) is 0 Å². The van der Waals surface area contributed by atoms with Crippen molar-refractivity contribution in [1.29, 1.82) is 0 Å². The van der Waals surface area contributed by atoms with Crippen LogP contribution >= 0.6 is 0 Å². The van der Waals surface area contributed by atoms with Gasteiger partial charge in [-0.15, -0.1) is 9.05 Å². The van der Waals surface area contributed by atoms with Crippen LogP contribution in [0.4, 0.5) is 0 Å². The molecular formula is HCaNaO3S2. The van der Waals surface area contributed by atoms with Gasteiger partial charge in [-0.3, -0.25) is 4.21 Å². The largest absolute Gasteiger partial charge is 2.00 e. The second-order valence-corrected chi connectivity index (χ2v) is 2.45. The van der Waals surface area contributed by atoms with E-state index in [0.29, 0.717) is 0 Å². The Morgan fingerprint density at radius 1 is 1.57 bits per heavy atom. The van der Waals surface area contributed by atoms with Crippen LogP contribution in [0.25, 0.3) is 0 Å². The second-order valence-electron chi connectivity index (χ2n) is 0.408. The third-order valence-electron chi connectivity index (χ3n) is 0. The number of hydrogen-bond donors (Lipinski definition) is 0. The molecule has 0 aromatic carbocycles. The van der Waals surface area contributed by atoms with Gasteiger partial charge in [-0.05, 0) is 11.2 Å². The summed E-state index contributed by atoms with van der Waals surface area (Å²) < 4.78 is 26.7. The standard InChI is InChI=1S/Ca.Na.H2O3S2.H/c;;1-5(2,3)4;/h;;(H2,1,2,3,4);/q+2;+1;;-1/p-2. The van der Waals surface area contributed by atoms with Crippen LogP contribution in [0.15, 0.2) is 0 Å². The van der Waals surface area contributed by atoms with Crippen LogP contribution in [-0.2, 0) is 20.2 Å². The summed E-state index contributed by atoms with van der Waals surface area (Å²) >= 11 is 3.24. The van der Waals surface area contributed by atoms with Gasteiger partial charge in [0.25, 0.3) is 0 Å². The van der Waals surface area contributed by atoms with E-state index in [4.69, 9.17) is 13.3 Å². The summed E-state index contributed by atoms with van der Waals surface area (Å²) in [6, 6.07) is 0. The van der Waals surface area contributed by atoms with E-state index in [0.717, 1.165) is 0 Å². The van der Waals surface area contributed by atoms with Crippen LogP contribution in [0.1, 0.15) is 1.43 Å². The molecule has 0 aromatic heterocycles. The van der Waals surface area contributed by atoms with Crippen molar-refractivity contribution in [2.75, 3.05) is 0 Å². The van der Waals surface area contributed by atoms with Crippen LogP contribution in [0.5, 0.6) is 0 Å². The van der Waals surface area contributed by atoms with Crippen LogP contribution < -0.4 is 29.6 Å². The quantitative estimate of drug-likeness (QED) is 0.351. The van der Waals surface area contributed by atoms with Gasteiger partial charge in [0.2, 0.25) is 0 Å². The Morgan fingerprint density at radius 3 is 1.57 bits per heavy atom. The Bertz CT molecular complexity index is 100. The third kappa shape index (κ3) is 56.4.